The van der Waals surface area contributed by atoms with Gasteiger partial charge >= 0.3 is 0 Å². The normalized spacial score (nSPS) is 11.1. The van der Waals surface area contributed by atoms with Gasteiger partial charge in [0.15, 0.2) is 0 Å². The summed E-state index contributed by atoms with van der Waals surface area (Å²) < 4.78 is 7.00. The average Bonchev–Trinajstić information content (AvgIpc) is 3.14. The summed E-state index contributed by atoms with van der Waals surface area (Å²) in [7, 11) is 0. The topological polar surface area (TPSA) is 69.9 Å². The fourth-order valence-electron chi connectivity index (χ4n) is 2.97. The molecule has 6 heteroatoms. The zero-order chi connectivity index (χ0) is 18.9. The number of carbonyl (C=O) groups excluding carboxylic acids is 1. The summed E-state index contributed by atoms with van der Waals surface area (Å²) in [5.74, 6) is -0.290. The van der Waals surface area contributed by atoms with E-state index < -0.39 is 0 Å². The first-order valence-corrected chi connectivity index (χ1v) is 9.68. The third-order valence-corrected chi connectivity index (χ3v) is 4.46. The van der Waals surface area contributed by atoms with Gasteiger partial charge in [0.2, 0.25) is 0 Å². The third-order valence-electron chi connectivity index (χ3n) is 4.46. The summed E-state index contributed by atoms with van der Waals surface area (Å²) in [4.78, 5) is 17.2. The van der Waals surface area contributed by atoms with Crippen LogP contribution in [0.3, 0.4) is 0 Å². The smallest absolute Gasteiger partial charge is 0.298 e. The summed E-state index contributed by atoms with van der Waals surface area (Å²) in [6.45, 7) is 3.36. The number of para-hydroxylation sites is 1. The summed E-state index contributed by atoms with van der Waals surface area (Å²) in [6, 6.07) is 12.8. The lowest BCUT2D eigenvalue weighted by atomic mass is 10.1. The third kappa shape index (κ3) is 5.20. The van der Waals surface area contributed by atoms with Gasteiger partial charge in [-0.05, 0) is 30.7 Å². The molecule has 0 unspecified atom stereocenters. The van der Waals surface area contributed by atoms with Gasteiger partial charge in [-0.15, -0.1) is 5.10 Å². The van der Waals surface area contributed by atoms with Crippen LogP contribution in [0.5, 0.6) is 0 Å². The number of carbonyl (C=O) groups is 1. The molecule has 0 aliphatic heterocycles. The molecule has 0 atom stereocenters. The van der Waals surface area contributed by atoms with Crippen molar-refractivity contribution in [2.24, 2.45) is 0 Å². The number of nitrogens with zero attached hydrogens (tertiary/aromatic N) is 4. The number of aromatic nitrogens is 4. The number of hydrogen-bond acceptors (Lipinski definition) is 5. The van der Waals surface area contributed by atoms with Crippen molar-refractivity contribution in [3.8, 4) is 0 Å². The molecule has 0 spiro atoms. The van der Waals surface area contributed by atoms with Gasteiger partial charge in [-0.1, -0.05) is 62.4 Å². The second-order valence-electron chi connectivity index (χ2n) is 6.63. The van der Waals surface area contributed by atoms with Crippen LogP contribution in [-0.4, -0.2) is 32.5 Å². The lowest BCUT2D eigenvalue weighted by molar-refractivity contribution is 0.0939. The fraction of sp³-hybridized carbons (Fsp3) is 0.429. The first kappa shape index (κ1) is 19.2. The van der Waals surface area contributed by atoms with E-state index in [-0.39, 0.29) is 5.91 Å². The van der Waals surface area contributed by atoms with Gasteiger partial charge < -0.3 is 4.74 Å². The molecule has 142 valence electrons. The van der Waals surface area contributed by atoms with Crippen molar-refractivity contribution < 1.29 is 9.53 Å². The zero-order valence-corrected chi connectivity index (χ0v) is 15.8. The van der Waals surface area contributed by atoms with Crippen LogP contribution in [0.2, 0.25) is 0 Å². The van der Waals surface area contributed by atoms with Crippen LogP contribution in [0, 0.1) is 0 Å². The zero-order valence-electron chi connectivity index (χ0n) is 15.8. The number of unbranched alkanes of at least 4 members (excludes halogenated alkanes) is 5. The van der Waals surface area contributed by atoms with E-state index in [1.165, 1.54) is 36.8 Å². The maximum Gasteiger partial charge on any atom is 0.298 e. The Morgan fingerprint density at radius 1 is 1.00 bits per heavy atom. The lowest BCUT2D eigenvalue weighted by Gasteiger charge is -2.06. The van der Waals surface area contributed by atoms with E-state index in [1.807, 2.05) is 36.4 Å². The number of fused-ring (bicyclic) bond motifs is 1. The molecular weight excluding hydrogens is 340 g/mol. The summed E-state index contributed by atoms with van der Waals surface area (Å²) >= 11 is 0. The van der Waals surface area contributed by atoms with Crippen molar-refractivity contribution in [2.45, 2.75) is 52.1 Å². The van der Waals surface area contributed by atoms with Crippen molar-refractivity contribution in [1.82, 2.24) is 20.0 Å². The van der Waals surface area contributed by atoms with E-state index in [1.54, 1.807) is 6.07 Å². The van der Waals surface area contributed by atoms with Crippen LogP contribution in [0.1, 0.15) is 61.6 Å². The first-order chi connectivity index (χ1) is 13.3. The standard InChI is InChI=1S/C21H26N4O2/c1-2-3-4-5-6-9-15-27-16-17-11-10-13-19(22-17)21(26)25-20-14-8-7-12-18(20)23-24-25/h7-8,10-14H,2-6,9,15-16H2,1H3. The molecule has 3 rings (SSSR count). The molecule has 0 fully saturated rings. The van der Waals surface area contributed by atoms with E-state index in [4.69, 9.17) is 4.74 Å². The molecule has 6 nitrogen and oxygen atoms in total. The van der Waals surface area contributed by atoms with Crippen molar-refractivity contribution in [1.29, 1.82) is 0 Å². The monoisotopic (exact) mass is 366 g/mol. The molecule has 0 aliphatic carbocycles. The number of rotatable bonds is 10. The number of ether oxygens (including phenoxy) is 1. The number of pyridine rings is 1. The van der Waals surface area contributed by atoms with E-state index in [2.05, 4.69) is 22.2 Å². The molecule has 0 radical (unpaired) electrons. The molecule has 0 N–H and O–H groups in total. The molecule has 0 aliphatic rings. The SMILES string of the molecule is CCCCCCCCOCc1cccc(C(=O)n2nnc3ccccc32)n1. The molecular formula is C21H26N4O2. The Kier molecular flexibility index (Phi) is 7.04. The number of hydrogen-bond donors (Lipinski definition) is 0. The minimum atomic E-state index is -0.290. The van der Waals surface area contributed by atoms with E-state index in [0.29, 0.717) is 23.3 Å². The Balaban J connectivity index is 1.53. The quantitative estimate of drug-likeness (QED) is 0.498. The molecule has 2 aromatic heterocycles. The first-order valence-electron chi connectivity index (χ1n) is 9.68. The van der Waals surface area contributed by atoms with Crippen LogP contribution >= 0.6 is 0 Å². The van der Waals surface area contributed by atoms with Crippen molar-refractivity contribution >= 4 is 16.9 Å². The predicted octanol–water partition coefficient (Wildman–Crippen LogP) is 4.39. The van der Waals surface area contributed by atoms with Gasteiger partial charge in [-0.2, -0.15) is 4.68 Å². The highest BCUT2D eigenvalue weighted by atomic mass is 16.5. The van der Waals surface area contributed by atoms with Gasteiger partial charge in [0.1, 0.15) is 11.2 Å². The summed E-state index contributed by atoms with van der Waals surface area (Å²) in [5, 5.41) is 7.99. The van der Waals surface area contributed by atoms with Crippen molar-refractivity contribution in [2.75, 3.05) is 6.61 Å². The molecule has 0 bridgehead atoms. The number of benzene rings is 1. The average molecular weight is 366 g/mol. The summed E-state index contributed by atoms with van der Waals surface area (Å²) in [6.07, 6.45) is 7.41. The van der Waals surface area contributed by atoms with Crippen LogP contribution in [0.15, 0.2) is 42.5 Å². The Bertz CT molecular complexity index is 875. The maximum absolute atomic E-state index is 12.7. The highest BCUT2D eigenvalue weighted by Gasteiger charge is 2.15. The van der Waals surface area contributed by atoms with Gasteiger partial charge in [-0.25, -0.2) is 4.98 Å². The van der Waals surface area contributed by atoms with E-state index in [0.717, 1.165) is 18.7 Å². The second-order valence-corrected chi connectivity index (χ2v) is 6.63. The van der Waals surface area contributed by atoms with Crippen LogP contribution in [0.4, 0.5) is 0 Å². The lowest BCUT2D eigenvalue weighted by Crippen LogP contribution is -2.16. The highest BCUT2D eigenvalue weighted by molar-refractivity contribution is 5.98. The molecule has 1 aromatic carbocycles. The Labute approximate surface area is 159 Å². The van der Waals surface area contributed by atoms with Gasteiger partial charge in [0.05, 0.1) is 17.8 Å². The van der Waals surface area contributed by atoms with E-state index in [9.17, 15) is 4.79 Å². The largest absolute Gasteiger partial charge is 0.375 e. The molecule has 0 saturated carbocycles. The molecule has 3 aromatic rings. The highest BCUT2D eigenvalue weighted by Crippen LogP contribution is 2.12. The maximum atomic E-state index is 12.7. The van der Waals surface area contributed by atoms with Crippen molar-refractivity contribution in [3.05, 3.63) is 53.9 Å². The van der Waals surface area contributed by atoms with Gasteiger partial charge in [0.25, 0.3) is 5.91 Å². The minimum Gasteiger partial charge on any atom is -0.375 e. The van der Waals surface area contributed by atoms with Gasteiger partial charge in [0, 0.05) is 6.61 Å². The van der Waals surface area contributed by atoms with E-state index >= 15 is 0 Å². The molecule has 27 heavy (non-hydrogen) atoms. The van der Waals surface area contributed by atoms with Crippen LogP contribution in [-0.2, 0) is 11.3 Å². The second kappa shape index (κ2) is 9.92. The Hall–Kier alpha value is -2.60. The molecule has 0 amide bonds. The Morgan fingerprint density at radius 2 is 1.81 bits per heavy atom. The summed E-state index contributed by atoms with van der Waals surface area (Å²) in [5.41, 5.74) is 2.45. The van der Waals surface area contributed by atoms with Crippen molar-refractivity contribution in [3.63, 3.8) is 0 Å². The molecule has 0 saturated heterocycles. The Morgan fingerprint density at radius 3 is 2.70 bits per heavy atom. The fourth-order valence-corrected chi connectivity index (χ4v) is 2.97. The molecule has 2 heterocycles. The van der Waals surface area contributed by atoms with Gasteiger partial charge in [-0.3, -0.25) is 4.79 Å². The van der Waals surface area contributed by atoms with Crippen LogP contribution < -0.4 is 0 Å². The van der Waals surface area contributed by atoms with Crippen LogP contribution in [0.25, 0.3) is 11.0 Å². The predicted molar refractivity (Wildman–Crippen MR) is 105 cm³/mol. The minimum absolute atomic E-state index is 0.290.